The molecule has 0 aliphatic rings. The van der Waals surface area contributed by atoms with E-state index in [9.17, 15) is 14.4 Å². The predicted molar refractivity (Wildman–Crippen MR) is 108 cm³/mol. The summed E-state index contributed by atoms with van der Waals surface area (Å²) in [4.78, 5) is 36.9. The zero-order valence-electron chi connectivity index (χ0n) is 16.1. The fraction of sp³-hybridized carbons (Fsp3) is 0.190. The van der Waals surface area contributed by atoms with Crippen LogP contribution in [0.2, 0.25) is 5.02 Å². The van der Waals surface area contributed by atoms with Gasteiger partial charge in [0.1, 0.15) is 5.75 Å². The van der Waals surface area contributed by atoms with Gasteiger partial charge in [-0.05, 0) is 49.4 Å². The van der Waals surface area contributed by atoms with E-state index >= 15 is 0 Å². The van der Waals surface area contributed by atoms with Gasteiger partial charge >= 0.3 is 5.97 Å². The number of benzene rings is 2. The smallest absolute Gasteiger partial charge is 0.303 e. The maximum Gasteiger partial charge on any atom is 0.303 e. The maximum absolute atomic E-state index is 13.2. The number of carbonyl (C=O) groups excluding carboxylic acids is 3. The minimum absolute atomic E-state index is 0.327. The highest BCUT2D eigenvalue weighted by molar-refractivity contribution is 6.30. The summed E-state index contributed by atoms with van der Waals surface area (Å²) in [5.41, 5.74) is 7.20. The number of amides is 1. The summed E-state index contributed by atoms with van der Waals surface area (Å²) in [5.74, 6) is -1.32. The van der Waals surface area contributed by atoms with Crippen molar-refractivity contribution in [3.8, 4) is 5.75 Å². The first kappa shape index (κ1) is 20.4. The second kappa shape index (κ2) is 7.97. The molecule has 0 aliphatic heterocycles. The number of rotatable bonds is 5. The Bertz CT molecular complexity index is 1120. The summed E-state index contributed by atoms with van der Waals surface area (Å²) in [6.07, 6.45) is -1.35. The largest absolute Gasteiger partial charge is 0.497 e. The molecule has 2 N–H and O–H groups in total. The van der Waals surface area contributed by atoms with Crippen molar-refractivity contribution in [3.05, 3.63) is 64.3 Å². The molecule has 29 heavy (non-hydrogen) atoms. The zero-order chi connectivity index (χ0) is 21.3. The van der Waals surface area contributed by atoms with Crippen LogP contribution in [0.15, 0.2) is 42.5 Å². The molecule has 0 saturated heterocycles. The number of fused-ring (bicyclic) bond motifs is 1. The van der Waals surface area contributed by atoms with Crippen molar-refractivity contribution in [3.63, 3.8) is 0 Å². The second-order valence-electron chi connectivity index (χ2n) is 6.42. The number of nitrogens with zero attached hydrogens (tertiary/aromatic N) is 1. The number of hydrogen-bond donors (Lipinski definition) is 1. The molecule has 0 bridgehead atoms. The van der Waals surface area contributed by atoms with E-state index in [2.05, 4.69) is 0 Å². The molecule has 2 aromatic carbocycles. The Kier molecular flexibility index (Phi) is 5.61. The lowest BCUT2D eigenvalue weighted by Gasteiger charge is -2.15. The van der Waals surface area contributed by atoms with E-state index in [4.69, 9.17) is 26.8 Å². The number of primary amides is 1. The second-order valence-corrected chi connectivity index (χ2v) is 6.86. The highest BCUT2D eigenvalue weighted by atomic mass is 35.5. The summed E-state index contributed by atoms with van der Waals surface area (Å²) in [6, 6.07) is 11.5. The molecule has 0 spiro atoms. The highest BCUT2D eigenvalue weighted by Gasteiger charge is 2.30. The van der Waals surface area contributed by atoms with E-state index in [1.165, 1.54) is 18.6 Å². The van der Waals surface area contributed by atoms with Gasteiger partial charge in [-0.3, -0.25) is 19.0 Å². The summed E-state index contributed by atoms with van der Waals surface area (Å²) in [7, 11) is 1.50. The van der Waals surface area contributed by atoms with Crippen LogP contribution < -0.4 is 10.5 Å². The first-order valence-electron chi connectivity index (χ1n) is 8.70. The zero-order valence-corrected chi connectivity index (χ0v) is 16.8. The number of nitrogens with two attached hydrogens (primary N) is 1. The number of carbonyl (C=O) groups is 3. The number of hydrogen-bond acceptors (Lipinski definition) is 5. The molecule has 1 aromatic heterocycles. The van der Waals surface area contributed by atoms with Gasteiger partial charge in [0, 0.05) is 34.2 Å². The first-order valence-corrected chi connectivity index (χ1v) is 9.08. The van der Waals surface area contributed by atoms with Gasteiger partial charge in [-0.1, -0.05) is 11.6 Å². The highest BCUT2D eigenvalue weighted by Crippen LogP contribution is 2.35. The molecular weight excluding hydrogens is 396 g/mol. The van der Waals surface area contributed by atoms with Crippen molar-refractivity contribution in [1.29, 1.82) is 0 Å². The van der Waals surface area contributed by atoms with Crippen molar-refractivity contribution in [1.82, 2.24) is 4.57 Å². The van der Waals surface area contributed by atoms with Crippen LogP contribution in [0.1, 0.15) is 34.6 Å². The molecule has 3 rings (SSSR count). The predicted octanol–water partition coefficient (Wildman–Crippen LogP) is 3.39. The lowest BCUT2D eigenvalue weighted by atomic mass is 10.0. The lowest BCUT2D eigenvalue weighted by Crippen LogP contribution is -2.26. The molecule has 1 amide bonds. The molecule has 1 atom stereocenters. The van der Waals surface area contributed by atoms with Crippen molar-refractivity contribution in [2.24, 2.45) is 5.73 Å². The van der Waals surface area contributed by atoms with Crippen LogP contribution in [0.3, 0.4) is 0 Å². The van der Waals surface area contributed by atoms with Gasteiger partial charge < -0.3 is 15.2 Å². The monoisotopic (exact) mass is 414 g/mol. The molecule has 7 nitrogen and oxygen atoms in total. The van der Waals surface area contributed by atoms with Crippen molar-refractivity contribution >= 4 is 40.3 Å². The Balaban J connectivity index is 2.30. The molecular formula is C21H19ClN2O5. The number of aromatic nitrogens is 1. The average molecular weight is 415 g/mol. The Morgan fingerprint density at radius 3 is 2.31 bits per heavy atom. The number of methoxy groups -OCH3 is 1. The summed E-state index contributed by atoms with van der Waals surface area (Å²) in [6.45, 7) is 2.85. The molecule has 0 saturated carbocycles. The minimum Gasteiger partial charge on any atom is -0.497 e. The third-order valence-corrected chi connectivity index (χ3v) is 4.81. The molecule has 1 heterocycles. The van der Waals surface area contributed by atoms with Gasteiger partial charge in [0.15, 0.2) is 0 Å². The fourth-order valence-electron chi connectivity index (χ4n) is 3.29. The van der Waals surface area contributed by atoms with Gasteiger partial charge in [0.25, 0.3) is 11.8 Å². The minimum atomic E-state index is -1.35. The van der Waals surface area contributed by atoms with E-state index < -0.39 is 18.0 Å². The van der Waals surface area contributed by atoms with Gasteiger partial charge in [-0.15, -0.1) is 0 Å². The van der Waals surface area contributed by atoms with E-state index in [0.29, 0.717) is 38.5 Å². The van der Waals surface area contributed by atoms with Crippen LogP contribution in [-0.4, -0.2) is 29.5 Å². The maximum atomic E-state index is 13.2. The van der Waals surface area contributed by atoms with E-state index in [1.807, 2.05) is 0 Å². The Morgan fingerprint density at radius 1 is 1.10 bits per heavy atom. The number of esters is 1. The van der Waals surface area contributed by atoms with Crippen molar-refractivity contribution in [2.45, 2.75) is 20.0 Å². The van der Waals surface area contributed by atoms with E-state index in [-0.39, 0.29) is 5.91 Å². The first-order chi connectivity index (χ1) is 13.7. The molecule has 0 aliphatic carbocycles. The van der Waals surface area contributed by atoms with Crippen LogP contribution in [0.25, 0.3) is 10.9 Å². The van der Waals surface area contributed by atoms with Crippen LogP contribution in [0.4, 0.5) is 0 Å². The van der Waals surface area contributed by atoms with Crippen molar-refractivity contribution < 1.29 is 23.9 Å². The molecule has 0 radical (unpaired) electrons. The van der Waals surface area contributed by atoms with Gasteiger partial charge in [0.2, 0.25) is 6.10 Å². The average Bonchev–Trinajstić information content (AvgIpc) is 2.96. The van der Waals surface area contributed by atoms with Crippen LogP contribution in [-0.2, 0) is 14.3 Å². The van der Waals surface area contributed by atoms with Gasteiger partial charge in [0.05, 0.1) is 12.6 Å². The SMILES string of the molecule is COc1ccc2c(c1)c(C(OC(C)=O)C(N)=O)c(C)n2C(=O)c1ccc(Cl)cc1. The number of ether oxygens (including phenoxy) is 2. The fourth-order valence-corrected chi connectivity index (χ4v) is 3.41. The third-order valence-electron chi connectivity index (χ3n) is 4.56. The van der Waals surface area contributed by atoms with Crippen LogP contribution in [0.5, 0.6) is 5.75 Å². The topological polar surface area (TPSA) is 101 Å². The lowest BCUT2D eigenvalue weighted by molar-refractivity contribution is -0.153. The van der Waals surface area contributed by atoms with Gasteiger partial charge in [-0.25, -0.2) is 0 Å². The number of halogens is 1. The summed E-state index contributed by atoms with van der Waals surface area (Å²) < 4.78 is 11.9. The quantitative estimate of drug-likeness (QED) is 0.645. The molecule has 3 aromatic rings. The molecule has 0 fully saturated rings. The Hall–Kier alpha value is -3.32. The summed E-state index contributed by atoms with van der Waals surface area (Å²) in [5, 5.41) is 1.03. The third kappa shape index (κ3) is 3.82. The Morgan fingerprint density at radius 2 is 1.76 bits per heavy atom. The van der Waals surface area contributed by atoms with E-state index in [0.717, 1.165) is 0 Å². The molecule has 150 valence electrons. The standard InChI is InChI=1S/C21H19ClN2O5/c1-11-18(19(20(23)26)29-12(2)25)16-10-15(28-3)8-9-17(16)24(11)21(27)13-4-6-14(22)7-5-13/h4-10,19H,1-3H3,(H2,23,26). The molecule has 1 unspecified atom stereocenters. The van der Waals surface area contributed by atoms with E-state index in [1.54, 1.807) is 49.4 Å². The van der Waals surface area contributed by atoms with Crippen LogP contribution >= 0.6 is 11.6 Å². The van der Waals surface area contributed by atoms with Crippen molar-refractivity contribution in [2.75, 3.05) is 7.11 Å². The summed E-state index contributed by atoms with van der Waals surface area (Å²) >= 11 is 5.92. The van der Waals surface area contributed by atoms with Crippen LogP contribution in [0, 0.1) is 6.92 Å². The molecule has 8 heteroatoms. The normalized spacial score (nSPS) is 11.9. The van der Waals surface area contributed by atoms with Gasteiger partial charge in [-0.2, -0.15) is 0 Å². The Labute approximate surface area is 171 Å².